The number of aromatic nitrogens is 3. The smallest absolute Gasteiger partial charge is 0.134 e. The molecule has 0 saturated carbocycles. The SMILES string of the molecule is Cc1c(CC(C)(C)c2ncccn2)ccnc1C(C)(C)C. The van der Waals surface area contributed by atoms with E-state index in [-0.39, 0.29) is 10.8 Å². The normalized spacial score (nSPS) is 12.5. The molecule has 2 aromatic heterocycles. The quantitative estimate of drug-likeness (QED) is 0.854. The van der Waals surface area contributed by atoms with Crippen LogP contribution in [0.4, 0.5) is 0 Å². The van der Waals surface area contributed by atoms with Gasteiger partial charge in [-0.3, -0.25) is 4.98 Å². The molecule has 0 atom stereocenters. The zero-order valence-corrected chi connectivity index (χ0v) is 13.9. The van der Waals surface area contributed by atoms with E-state index < -0.39 is 0 Å². The monoisotopic (exact) mass is 283 g/mol. The first kappa shape index (κ1) is 15.6. The molecule has 0 spiro atoms. The highest BCUT2D eigenvalue weighted by Gasteiger charge is 2.27. The van der Waals surface area contributed by atoms with Gasteiger partial charge in [0.05, 0.1) is 0 Å². The molecule has 0 aliphatic heterocycles. The van der Waals surface area contributed by atoms with E-state index >= 15 is 0 Å². The van der Waals surface area contributed by atoms with Crippen LogP contribution in [0.25, 0.3) is 0 Å². The van der Waals surface area contributed by atoms with Gasteiger partial charge in [-0.15, -0.1) is 0 Å². The van der Waals surface area contributed by atoms with Crippen LogP contribution in [0.5, 0.6) is 0 Å². The van der Waals surface area contributed by atoms with Crippen molar-refractivity contribution in [2.24, 2.45) is 0 Å². The summed E-state index contributed by atoms with van der Waals surface area (Å²) in [5.41, 5.74) is 3.75. The molecule has 0 N–H and O–H groups in total. The van der Waals surface area contributed by atoms with E-state index in [4.69, 9.17) is 0 Å². The summed E-state index contributed by atoms with van der Waals surface area (Å²) in [5.74, 6) is 0.888. The van der Waals surface area contributed by atoms with Crippen molar-refractivity contribution in [3.8, 4) is 0 Å². The van der Waals surface area contributed by atoms with E-state index in [2.05, 4.69) is 62.6 Å². The molecule has 0 amide bonds. The predicted octanol–water partition coefficient (Wildman–Crippen LogP) is 4.00. The summed E-state index contributed by atoms with van der Waals surface area (Å²) >= 11 is 0. The van der Waals surface area contributed by atoms with Gasteiger partial charge in [0.25, 0.3) is 0 Å². The van der Waals surface area contributed by atoms with E-state index in [9.17, 15) is 0 Å². The van der Waals surface area contributed by atoms with E-state index in [0.717, 1.165) is 12.2 Å². The van der Waals surface area contributed by atoms with Gasteiger partial charge >= 0.3 is 0 Å². The number of hydrogen-bond donors (Lipinski definition) is 0. The van der Waals surface area contributed by atoms with E-state index in [1.165, 1.54) is 16.8 Å². The first-order valence-corrected chi connectivity index (χ1v) is 7.44. The topological polar surface area (TPSA) is 38.7 Å². The molecule has 0 aliphatic carbocycles. The minimum Gasteiger partial charge on any atom is -0.260 e. The van der Waals surface area contributed by atoms with Gasteiger partial charge in [0.2, 0.25) is 0 Å². The molecule has 0 saturated heterocycles. The van der Waals surface area contributed by atoms with E-state index in [1.54, 1.807) is 0 Å². The minimum atomic E-state index is -0.0947. The summed E-state index contributed by atoms with van der Waals surface area (Å²) in [4.78, 5) is 13.4. The number of rotatable bonds is 3. The number of hydrogen-bond acceptors (Lipinski definition) is 3. The maximum absolute atomic E-state index is 4.58. The minimum absolute atomic E-state index is 0.0630. The molecule has 0 aliphatic rings. The average molecular weight is 283 g/mol. The molecular weight excluding hydrogens is 258 g/mol. The molecule has 2 rings (SSSR count). The third kappa shape index (κ3) is 3.46. The Kier molecular flexibility index (Phi) is 4.13. The van der Waals surface area contributed by atoms with Crippen molar-refractivity contribution < 1.29 is 0 Å². The molecule has 2 aromatic rings. The van der Waals surface area contributed by atoms with Crippen LogP contribution < -0.4 is 0 Å². The summed E-state index contributed by atoms with van der Waals surface area (Å²) in [6.07, 6.45) is 6.45. The molecule has 0 bridgehead atoms. The Labute approximate surface area is 127 Å². The second-order valence-electron chi connectivity index (χ2n) is 7.33. The Balaban J connectivity index is 2.36. The van der Waals surface area contributed by atoms with Crippen molar-refractivity contribution in [2.45, 2.75) is 58.8 Å². The summed E-state index contributed by atoms with van der Waals surface area (Å²) < 4.78 is 0. The molecule has 21 heavy (non-hydrogen) atoms. The molecule has 0 aromatic carbocycles. The van der Waals surface area contributed by atoms with Crippen LogP contribution in [0, 0.1) is 6.92 Å². The molecular formula is C18H25N3. The lowest BCUT2D eigenvalue weighted by Gasteiger charge is -2.26. The Morgan fingerprint density at radius 3 is 2.10 bits per heavy atom. The second kappa shape index (κ2) is 5.55. The lowest BCUT2D eigenvalue weighted by Crippen LogP contribution is -2.25. The van der Waals surface area contributed by atoms with Gasteiger partial charge < -0.3 is 0 Å². The molecule has 2 heterocycles. The Bertz CT molecular complexity index is 610. The van der Waals surface area contributed by atoms with Crippen molar-refractivity contribution in [1.82, 2.24) is 15.0 Å². The van der Waals surface area contributed by atoms with Gasteiger partial charge in [0.1, 0.15) is 5.82 Å². The van der Waals surface area contributed by atoms with Crippen LogP contribution in [-0.2, 0) is 17.3 Å². The van der Waals surface area contributed by atoms with Crippen molar-refractivity contribution >= 4 is 0 Å². The maximum atomic E-state index is 4.58. The fourth-order valence-electron chi connectivity index (χ4n) is 2.73. The van der Waals surface area contributed by atoms with E-state index in [0.29, 0.717) is 0 Å². The van der Waals surface area contributed by atoms with Gasteiger partial charge in [0.15, 0.2) is 0 Å². The van der Waals surface area contributed by atoms with Crippen LogP contribution in [0.1, 0.15) is 57.3 Å². The standard InChI is InChI=1S/C18H25N3/c1-13-14(8-11-19-15(13)17(2,3)4)12-18(5,6)16-20-9-7-10-21-16/h7-11H,12H2,1-6H3. The highest BCUT2D eigenvalue weighted by Crippen LogP contribution is 2.30. The zero-order valence-electron chi connectivity index (χ0n) is 13.9. The van der Waals surface area contributed by atoms with Gasteiger partial charge in [-0.05, 0) is 36.6 Å². The molecule has 3 nitrogen and oxygen atoms in total. The van der Waals surface area contributed by atoms with Gasteiger partial charge in [-0.25, -0.2) is 9.97 Å². The summed E-state index contributed by atoms with van der Waals surface area (Å²) in [6, 6.07) is 3.98. The lowest BCUT2D eigenvalue weighted by atomic mass is 9.81. The van der Waals surface area contributed by atoms with Crippen molar-refractivity contribution in [3.63, 3.8) is 0 Å². The summed E-state index contributed by atoms with van der Waals surface area (Å²) in [7, 11) is 0. The highest BCUT2D eigenvalue weighted by molar-refractivity contribution is 5.34. The summed E-state index contributed by atoms with van der Waals surface area (Å²) in [5, 5.41) is 0. The average Bonchev–Trinajstić information content (AvgIpc) is 2.41. The fraction of sp³-hybridized carbons (Fsp3) is 0.500. The lowest BCUT2D eigenvalue weighted by molar-refractivity contribution is 0.482. The maximum Gasteiger partial charge on any atom is 0.134 e. The molecule has 0 fully saturated rings. The van der Waals surface area contributed by atoms with Crippen LogP contribution in [0.2, 0.25) is 0 Å². The molecule has 0 radical (unpaired) electrons. The predicted molar refractivity (Wildman–Crippen MR) is 86.4 cm³/mol. The second-order valence-corrected chi connectivity index (χ2v) is 7.33. The fourth-order valence-corrected chi connectivity index (χ4v) is 2.73. The van der Waals surface area contributed by atoms with Crippen molar-refractivity contribution in [3.05, 3.63) is 53.4 Å². The largest absolute Gasteiger partial charge is 0.260 e. The molecule has 0 unspecified atom stereocenters. The van der Waals surface area contributed by atoms with Crippen LogP contribution in [0.3, 0.4) is 0 Å². The van der Waals surface area contributed by atoms with Crippen LogP contribution in [-0.4, -0.2) is 15.0 Å². The Morgan fingerprint density at radius 1 is 0.905 bits per heavy atom. The van der Waals surface area contributed by atoms with Crippen molar-refractivity contribution in [1.29, 1.82) is 0 Å². The molecule has 112 valence electrons. The Morgan fingerprint density at radius 2 is 1.52 bits per heavy atom. The third-order valence-corrected chi connectivity index (χ3v) is 3.83. The van der Waals surface area contributed by atoms with E-state index in [1.807, 2.05) is 24.7 Å². The van der Waals surface area contributed by atoms with Crippen LogP contribution in [0.15, 0.2) is 30.7 Å². The van der Waals surface area contributed by atoms with Gasteiger partial charge in [0, 0.05) is 35.1 Å². The van der Waals surface area contributed by atoms with Gasteiger partial charge in [-0.2, -0.15) is 0 Å². The summed E-state index contributed by atoms with van der Waals surface area (Å²) in [6.45, 7) is 13.2. The third-order valence-electron chi connectivity index (χ3n) is 3.83. The number of nitrogens with zero attached hydrogens (tertiary/aromatic N) is 3. The van der Waals surface area contributed by atoms with Crippen molar-refractivity contribution in [2.75, 3.05) is 0 Å². The zero-order chi connectivity index (χ0) is 15.7. The van der Waals surface area contributed by atoms with Gasteiger partial charge in [-0.1, -0.05) is 34.6 Å². The Hall–Kier alpha value is -1.77. The van der Waals surface area contributed by atoms with Crippen LogP contribution >= 0.6 is 0 Å². The first-order valence-electron chi connectivity index (χ1n) is 7.44. The molecule has 3 heteroatoms. The number of pyridine rings is 1. The highest BCUT2D eigenvalue weighted by atomic mass is 14.9. The first-order chi connectivity index (χ1) is 9.72.